The second-order valence-electron chi connectivity index (χ2n) is 6.47. The lowest BCUT2D eigenvalue weighted by Gasteiger charge is -2.38. The Morgan fingerprint density at radius 2 is 2.00 bits per heavy atom. The first-order chi connectivity index (χ1) is 12.9. The molecule has 1 aromatic carbocycles. The third-order valence-electron chi connectivity index (χ3n) is 4.58. The van der Waals surface area contributed by atoms with Crippen molar-refractivity contribution in [2.24, 2.45) is 0 Å². The summed E-state index contributed by atoms with van der Waals surface area (Å²) in [6.45, 7) is 2.01. The van der Waals surface area contributed by atoms with E-state index < -0.39 is 0 Å². The number of nitrogens with one attached hydrogen (secondary N) is 1. The Kier molecular flexibility index (Phi) is 4.24. The molecule has 2 aromatic heterocycles. The van der Waals surface area contributed by atoms with Crippen molar-refractivity contribution in [2.45, 2.75) is 13.3 Å². The third-order valence-corrected chi connectivity index (χ3v) is 4.80. The van der Waals surface area contributed by atoms with Crippen molar-refractivity contribution < 1.29 is 9.59 Å². The minimum atomic E-state index is -0.172. The van der Waals surface area contributed by atoms with Gasteiger partial charge in [0.2, 0.25) is 5.91 Å². The second kappa shape index (κ2) is 6.59. The minimum absolute atomic E-state index is 0.108. The molecule has 7 nitrogen and oxygen atoms in total. The van der Waals surface area contributed by atoms with Gasteiger partial charge in [0.15, 0.2) is 5.69 Å². The number of hydrogen-bond acceptors (Lipinski definition) is 4. The average Bonchev–Trinajstić information content (AvgIpc) is 3.04. The Balaban J connectivity index is 1.61. The summed E-state index contributed by atoms with van der Waals surface area (Å²) in [4.78, 5) is 24.3. The van der Waals surface area contributed by atoms with E-state index in [0.29, 0.717) is 23.7 Å². The van der Waals surface area contributed by atoms with Gasteiger partial charge in [-0.1, -0.05) is 11.6 Å². The van der Waals surface area contributed by atoms with Gasteiger partial charge < -0.3 is 5.32 Å². The number of benzene rings is 1. The van der Waals surface area contributed by atoms with Gasteiger partial charge in [-0.25, -0.2) is 9.52 Å². The number of hydrazine groups is 1. The van der Waals surface area contributed by atoms with Gasteiger partial charge in [0.1, 0.15) is 0 Å². The summed E-state index contributed by atoms with van der Waals surface area (Å²) in [6, 6.07) is 11.0. The van der Waals surface area contributed by atoms with Gasteiger partial charge in [-0.3, -0.25) is 14.6 Å². The number of rotatable bonds is 2. The van der Waals surface area contributed by atoms with Crippen LogP contribution in [0.1, 0.15) is 23.0 Å². The first kappa shape index (κ1) is 17.4. The standard InChI is InChI=1S/C19H18ClN5O2/c1-12(26)21-15-4-6-18-13(9-15)7-8-25(23(18)2)19(27)17-10-16-5-3-14(20)11-24(16)22-17/h3-6,9-11H,7-8H2,1-2H3,(H,21,26). The number of hydrogen-bond donors (Lipinski definition) is 1. The zero-order valence-electron chi connectivity index (χ0n) is 14.9. The maximum Gasteiger partial charge on any atom is 0.292 e. The van der Waals surface area contributed by atoms with Crippen molar-refractivity contribution in [1.82, 2.24) is 14.6 Å². The van der Waals surface area contributed by atoms with Gasteiger partial charge in [-0.15, -0.1) is 0 Å². The van der Waals surface area contributed by atoms with E-state index >= 15 is 0 Å². The molecule has 0 aliphatic carbocycles. The summed E-state index contributed by atoms with van der Waals surface area (Å²) in [5.41, 5.74) is 3.93. The highest BCUT2D eigenvalue weighted by Crippen LogP contribution is 2.30. The number of pyridine rings is 1. The molecule has 0 fully saturated rings. The van der Waals surface area contributed by atoms with Crippen LogP contribution in [0.2, 0.25) is 5.02 Å². The van der Waals surface area contributed by atoms with Crippen LogP contribution >= 0.6 is 11.6 Å². The number of nitrogens with zero attached hydrogens (tertiary/aromatic N) is 4. The lowest BCUT2D eigenvalue weighted by atomic mass is 10.1. The highest BCUT2D eigenvalue weighted by Gasteiger charge is 2.28. The van der Waals surface area contributed by atoms with Crippen LogP contribution in [0.3, 0.4) is 0 Å². The lowest BCUT2D eigenvalue weighted by molar-refractivity contribution is -0.114. The van der Waals surface area contributed by atoms with E-state index in [9.17, 15) is 9.59 Å². The summed E-state index contributed by atoms with van der Waals surface area (Å²) >= 11 is 5.99. The molecule has 0 unspecified atom stereocenters. The number of anilines is 2. The van der Waals surface area contributed by atoms with E-state index in [-0.39, 0.29) is 11.8 Å². The topological polar surface area (TPSA) is 70.0 Å². The monoisotopic (exact) mass is 383 g/mol. The highest BCUT2D eigenvalue weighted by molar-refractivity contribution is 6.30. The quantitative estimate of drug-likeness (QED) is 0.738. The SMILES string of the molecule is CC(=O)Nc1ccc2c(c1)CCN(C(=O)c1cc3ccc(Cl)cn3n1)N2C. The summed E-state index contributed by atoms with van der Waals surface area (Å²) in [5.74, 6) is -0.281. The zero-order valence-corrected chi connectivity index (χ0v) is 15.7. The molecule has 0 spiro atoms. The normalized spacial score (nSPS) is 13.6. The Hall–Kier alpha value is -3.06. The predicted molar refractivity (Wildman–Crippen MR) is 104 cm³/mol. The fourth-order valence-electron chi connectivity index (χ4n) is 3.32. The Bertz CT molecular complexity index is 1060. The Morgan fingerprint density at radius 3 is 2.78 bits per heavy atom. The molecular formula is C19H18ClN5O2. The predicted octanol–water partition coefficient (Wildman–Crippen LogP) is 3.00. The van der Waals surface area contributed by atoms with Crippen LogP contribution in [-0.4, -0.2) is 40.0 Å². The van der Waals surface area contributed by atoms with Crippen LogP contribution in [-0.2, 0) is 11.2 Å². The van der Waals surface area contributed by atoms with Crippen molar-refractivity contribution in [3.8, 4) is 0 Å². The average molecular weight is 384 g/mol. The Labute approximate surface area is 161 Å². The zero-order chi connectivity index (χ0) is 19.1. The molecule has 0 saturated carbocycles. The van der Waals surface area contributed by atoms with Gasteiger partial charge in [-0.2, -0.15) is 5.10 Å². The Morgan fingerprint density at radius 1 is 1.19 bits per heavy atom. The first-order valence-corrected chi connectivity index (χ1v) is 8.91. The summed E-state index contributed by atoms with van der Waals surface area (Å²) in [6.07, 6.45) is 2.37. The maximum atomic E-state index is 13.0. The molecule has 138 valence electrons. The number of halogens is 1. The molecule has 3 aromatic rings. The van der Waals surface area contributed by atoms with Crippen LogP contribution in [0.15, 0.2) is 42.6 Å². The van der Waals surface area contributed by atoms with Gasteiger partial charge in [-0.05, 0) is 48.4 Å². The summed E-state index contributed by atoms with van der Waals surface area (Å²) in [7, 11) is 1.85. The third kappa shape index (κ3) is 3.21. The van der Waals surface area contributed by atoms with E-state index in [0.717, 1.165) is 22.5 Å². The van der Waals surface area contributed by atoms with Gasteiger partial charge in [0, 0.05) is 32.4 Å². The fourth-order valence-corrected chi connectivity index (χ4v) is 3.48. The first-order valence-electron chi connectivity index (χ1n) is 8.53. The molecule has 1 aliphatic rings. The second-order valence-corrected chi connectivity index (χ2v) is 6.91. The number of carbonyl (C=O) groups is 2. The van der Waals surface area contributed by atoms with Crippen molar-refractivity contribution in [3.05, 3.63) is 58.9 Å². The molecule has 4 rings (SSSR count). The minimum Gasteiger partial charge on any atom is -0.326 e. The molecule has 0 bridgehead atoms. The molecule has 1 aliphatic heterocycles. The molecule has 8 heteroatoms. The molecule has 27 heavy (non-hydrogen) atoms. The van der Waals surface area contributed by atoms with E-state index in [4.69, 9.17) is 11.6 Å². The van der Waals surface area contributed by atoms with Crippen LogP contribution in [0.4, 0.5) is 11.4 Å². The number of fused-ring (bicyclic) bond motifs is 2. The number of carbonyl (C=O) groups excluding carboxylic acids is 2. The van der Waals surface area contributed by atoms with Gasteiger partial charge >= 0.3 is 0 Å². The van der Waals surface area contributed by atoms with Gasteiger partial charge in [0.05, 0.1) is 16.2 Å². The van der Waals surface area contributed by atoms with Crippen molar-refractivity contribution in [3.63, 3.8) is 0 Å². The number of amides is 2. The summed E-state index contributed by atoms with van der Waals surface area (Å²) < 4.78 is 1.60. The van der Waals surface area contributed by atoms with Crippen molar-refractivity contribution in [2.75, 3.05) is 23.9 Å². The number of aromatic nitrogens is 2. The smallest absolute Gasteiger partial charge is 0.292 e. The van der Waals surface area contributed by atoms with Crippen molar-refractivity contribution in [1.29, 1.82) is 0 Å². The molecule has 2 amide bonds. The lowest BCUT2D eigenvalue weighted by Crippen LogP contribution is -2.48. The molecule has 1 N–H and O–H groups in total. The molecule has 0 atom stereocenters. The van der Waals surface area contributed by atoms with E-state index in [1.807, 2.05) is 36.3 Å². The molecular weight excluding hydrogens is 366 g/mol. The van der Waals surface area contributed by atoms with E-state index in [1.165, 1.54) is 6.92 Å². The van der Waals surface area contributed by atoms with Crippen LogP contribution in [0, 0.1) is 0 Å². The van der Waals surface area contributed by atoms with E-state index in [2.05, 4.69) is 10.4 Å². The highest BCUT2D eigenvalue weighted by atomic mass is 35.5. The van der Waals surface area contributed by atoms with Crippen LogP contribution < -0.4 is 10.3 Å². The largest absolute Gasteiger partial charge is 0.326 e. The molecule has 0 saturated heterocycles. The van der Waals surface area contributed by atoms with Crippen LogP contribution in [0.25, 0.3) is 5.52 Å². The van der Waals surface area contributed by atoms with Gasteiger partial charge in [0.25, 0.3) is 5.91 Å². The maximum absolute atomic E-state index is 13.0. The molecule has 0 radical (unpaired) electrons. The van der Waals surface area contributed by atoms with E-state index in [1.54, 1.807) is 27.9 Å². The van der Waals surface area contributed by atoms with Crippen molar-refractivity contribution >= 4 is 40.3 Å². The fraction of sp³-hybridized carbons (Fsp3) is 0.211. The molecule has 3 heterocycles. The summed E-state index contributed by atoms with van der Waals surface area (Å²) in [5, 5.41) is 11.2. The van der Waals surface area contributed by atoms with Crippen LogP contribution in [0.5, 0.6) is 0 Å².